The summed E-state index contributed by atoms with van der Waals surface area (Å²) in [5, 5.41) is 7.56. The first-order valence-corrected chi connectivity index (χ1v) is 16.8. The highest BCUT2D eigenvalue weighted by atomic mass is 15.1. The Bertz CT molecular complexity index is 2730. The first kappa shape index (κ1) is 29.4. The molecule has 10 aromatic rings. The van der Waals surface area contributed by atoms with Crippen LogP contribution in [0.15, 0.2) is 182 Å². The van der Waals surface area contributed by atoms with Crippen LogP contribution in [0.2, 0.25) is 0 Å². The third kappa shape index (κ3) is 5.11. The monoisotopic (exact) mass is 640 g/mol. The third-order valence-electron chi connectivity index (χ3n) is 9.49. The maximum absolute atomic E-state index is 5.36. The predicted molar refractivity (Wildman–Crippen MR) is 210 cm³/mol. The fraction of sp³-hybridized carbons (Fsp3) is 0. The van der Waals surface area contributed by atoms with Gasteiger partial charge in [0.15, 0.2) is 0 Å². The molecule has 0 atom stereocenters. The lowest BCUT2D eigenvalue weighted by Gasteiger charge is -2.17. The highest BCUT2D eigenvalue weighted by Gasteiger charge is 2.19. The van der Waals surface area contributed by atoms with Crippen molar-refractivity contribution in [2.45, 2.75) is 0 Å². The molecule has 0 spiro atoms. The number of hydrogen-bond donors (Lipinski definition) is 1. The predicted octanol–water partition coefficient (Wildman–Crippen LogP) is 11.6. The highest BCUT2D eigenvalue weighted by Crippen LogP contribution is 2.43. The van der Waals surface area contributed by atoms with Crippen molar-refractivity contribution in [3.05, 3.63) is 182 Å². The molecule has 50 heavy (non-hydrogen) atoms. The van der Waals surface area contributed by atoms with Gasteiger partial charge in [0.25, 0.3) is 0 Å². The zero-order valence-electron chi connectivity index (χ0n) is 27.2. The molecule has 0 unspecified atom stereocenters. The van der Waals surface area contributed by atoms with Gasteiger partial charge in [0, 0.05) is 29.3 Å². The molecule has 0 aliphatic rings. The van der Waals surface area contributed by atoms with Crippen LogP contribution in [0.3, 0.4) is 0 Å². The first-order valence-electron chi connectivity index (χ1n) is 16.8. The average Bonchev–Trinajstić information content (AvgIpc) is 3.57. The molecule has 2 aromatic heterocycles. The molecule has 0 saturated carbocycles. The van der Waals surface area contributed by atoms with Crippen LogP contribution in [0.1, 0.15) is 0 Å². The van der Waals surface area contributed by atoms with Crippen molar-refractivity contribution in [2.75, 3.05) is 5.73 Å². The average molecular weight is 641 g/mol. The van der Waals surface area contributed by atoms with Crippen molar-refractivity contribution >= 4 is 49.0 Å². The Kier molecular flexibility index (Phi) is 7.25. The molecule has 4 heteroatoms. The van der Waals surface area contributed by atoms with E-state index in [1.165, 1.54) is 54.6 Å². The molecule has 0 radical (unpaired) electrons. The van der Waals surface area contributed by atoms with Gasteiger partial charge >= 0.3 is 0 Å². The van der Waals surface area contributed by atoms with Gasteiger partial charge in [-0.1, -0.05) is 115 Å². The van der Waals surface area contributed by atoms with E-state index in [-0.39, 0.29) is 0 Å². The standard InChI is InChI=1S/C40H25N3.C6H7N/c1-2-6-31(7-3-1)43-37-9-5-4-8-36(37)42-40(43)35-21-17-30-15-19-33-32(18-14-29-16-20-34(35)39(30)38(29)33)28-12-10-26(11-13-28)27-22-24-41-25-23-27;7-6-4-2-1-3-5-6/h1-25H;1-5H,7H2. The highest BCUT2D eigenvalue weighted by molar-refractivity contribution is 6.27. The number of anilines is 1. The largest absolute Gasteiger partial charge is 0.399 e. The SMILES string of the molecule is Nc1ccccc1.c1ccc(-n2c(-c3ccc4ccc5c(-c6ccc(-c7ccncc7)cc6)ccc6ccc3c4c65)nc3ccccc32)cc1. The quantitative estimate of drug-likeness (QED) is 0.154. The van der Waals surface area contributed by atoms with Crippen molar-refractivity contribution in [2.24, 2.45) is 0 Å². The van der Waals surface area contributed by atoms with Crippen molar-refractivity contribution in [3.63, 3.8) is 0 Å². The Morgan fingerprint density at radius 1 is 0.440 bits per heavy atom. The van der Waals surface area contributed by atoms with Crippen LogP contribution in [0.5, 0.6) is 0 Å². The minimum atomic E-state index is 0.822. The van der Waals surface area contributed by atoms with Gasteiger partial charge in [-0.2, -0.15) is 0 Å². The summed E-state index contributed by atoms with van der Waals surface area (Å²) in [5.41, 5.74) is 15.3. The lowest BCUT2D eigenvalue weighted by molar-refractivity contribution is 1.11. The van der Waals surface area contributed by atoms with Crippen molar-refractivity contribution in [1.29, 1.82) is 0 Å². The number of fused-ring (bicyclic) bond motifs is 1. The molecule has 8 aromatic carbocycles. The van der Waals surface area contributed by atoms with E-state index in [0.29, 0.717) is 0 Å². The van der Waals surface area contributed by atoms with E-state index in [0.717, 1.165) is 33.8 Å². The number of pyridine rings is 1. The van der Waals surface area contributed by atoms with E-state index >= 15 is 0 Å². The second-order valence-corrected chi connectivity index (χ2v) is 12.5. The van der Waals surface area contributed by atoms with E-state index in [4.69, 9.17) is 10.7 Å². The van der Waals surface area contributed by atoms with Gasteiger partial charge in [0.1, 0.15) is 5.82 Å². The smallest absolute Gasteiger partial charge is 0.146 e. The summed E-state index contributed by atoms with van der Waals surface area (Å²) in [7, 11) is 0. The van der Waals surface area contributed by atoms with Gasteiger partial charge in [-0.25, -0.2) is 4.98 Å². The maximum Gasteiger partial charge on any atom is 0.146 e. The van der Waals surface area contributed by atoms with Crippen LogP contribution in [-0.2, 0) is 0 Å². The Balaban J connectivity index is 0.000000432. The molecule has 4 nitrogen and oxygen atoms in total. The number of benzene rings is 8. The van der Waals surface area contributed by atoms with Crippen LogP contribution in [0.25, 0.3) is 82.7 Å². The van der Waals surface area contributed by atoms with Crippen molar-refractivity contribution in [1.82, 2.24) is 14.5 Å². The van der Waals surface area contributed by atoms with Gasteiger partial charge in [-0.3, -0.25) is 9.55 Å². The Hall–Kier alpha value is -6.78. The maximum atomic E-state index is 5.36. The molecule has 2 N–H and O–H groups in total. The van der Waals surface area contributed by atoms with E-state index in [2.05, 4.69) is 149 Å². The topological polar surface area (TPSA) is 56.7 Å². The minimum Gasteiger partial charge on any atom is -0.399 e. The lowest BCUT2D eigenvalue weighted by Crippen LogP contribution is -1.98. The first-order chi connectivity index (χ1) is 24.7. The fourth-order valence-electron chi connectivity index (χ4n) is 7.13. The second-order valence-electron chi connectivity index (χ2n) is 12.5. The van der Waals surface area contributed by atoms with Crippen LogP contribution in [0, 0.1) is 0 Å². The summed E-state index contributed by atoms with van der Waals surface area (Å²) in [6, 6.07) is 59.5. The van der Waals surface area contributed by atoms with E-state index in [9.17, 15) is 0 Å². The molecular weight excluding hydrogens is 609 g/mol. The molecule has 0 saturated heterocycles. The molecule has 236 valence electrons. The molecule has 0 aliphatic carbocycles. The van der Waals surface area contributed by atoms with Crippen molar-refractivity contribution in [3.8, 4) is 39.3 Å². The summed E-state index contributed by atoms with van der Waals surface area (Å²) in [6.07, 6.45) is 3.68. The number of hydrogen-bond acceptors (Lipinski definition) is 3. The molecule has 0 bridgehead atoms. The number of rotatable bonds is 4. The fourth-order valence-corrected chi connectivity index (χ4v) is 7.13. The van der Waals surface area contributed by atoms with Crippen LogP contribution in [0.4, 0.5) is 5.69 Å². The molecule has 10 rings (SSSR count). The number of para-hydroxylation sites is 4. The van der Waals surface area contributed by atoms with Gasteiger partial charge in [-0.05, 0) is 109 Å². The van der Waals surface area contributed by atoms with Gasteiger partial charge in [0.2, 0.25) is 0 Å². The normalized spacial score (nSPS) is 11.3. The Labute approximate surface area is 290 Å². The summed E-state index contributed by atoms with van der Waals surface area (Å²) >= 11 is 0. The van der Waals surface area contributed by atoms with E-state index < -0.39 is 0 Å². The number of nitrogens with zero attached hydrogens (tertiary/aromatic N) is 3. The Morgan fingerprint density at radius 2 is 0.980 bits per heavy atom. The molecule has 0 aliphatic heterocycles. The summed E-state index contributed by atoms with van der Waals surface area (Å²) < 4.78 is 2.29. The number of imidazole rings is 1. The van der Waals surface area contributed by atoms with E-state index in [1.54, 1.807) is 0 Å². The summed E-state index contributed by atoms with van der Waals surface area (Å²) in [4.78, 5) is 9.36. The minimum absolute atomic E-state index is 0.822. The second kappa shape index (κ2) is 12.3. The zero-order chi connectivity index (χ0) is 33.4. The lowest BCUT2D eigenvalue weighted by atomic mass is 9.88. The van der Waals surface area contributed by atoms with Crippen molar-refractivity contribution < 1.29 is 0 Å². The van der Waals surface area contributed by atoms with E-state index in [1.807, 2.05) is 42.7 Å². The summed E-state index contributed by atoms with van der Waals surface area (Å²) in [5.74, 6) is 0.956. The number of nitrogen functional groups attached to an aromatic ring is 1. The van der Waals surface area contributed by atoms with Gasteiger partial charge < -0.3 is 5.73 Å². The number of nitrogens with two attached hydrogens (primary N) is 1. The van der Waals surface area contributed by atoms with Crippen LogP contribution in [-0.4, -0.2) is 14.5 Å². The Morgan fingerprint density at radius 3 is 1.64 bits per heavy atom. The molecule has 0 fully saturated rings. The molecular formula is C46H32N4. The molecule has 0 amide bonds. The third-order valence-corrected chi connectivity index (χ3v) is 9.49. The van der Waals surface area contributed by atoms with Crippen LogP contribution >= 0.6 is 0 Å². The van der Waals surface area contributed by atoms with Gasteiger partial charge in [0.05, 0.1) is 11.0 Å². The zero-order valence-corrected chi connectivity index (χ0v) is 27.2. The van der Waals surface area contributed by atoms with Crippen LogP contribution < -0.4 is 5.73 Å². The number of aromatic nitrogens is 3. The molecule has 2 heterocycles. The summed E-state index contributed by atoms with van der Waals surface area (Å²) in [6.45, 7) is 0. The van der Waals surface area contributed by atoms with Gasteiger partial charge in [-0.15, -0.1) is 0 Å².